The lowest BCUT2D eigenvalue weighted by Gasteiger charge is -2.24. The van der Waals surface area contributed by atoms with E-state index in [1.807, 2.05) is 6.92 Å². The highest BCUT2D eigenvalue weighted by Crippen LogP contribution is 2.24. The molecule has 1 aromatic heterocycles. The monoisotopic (exact) mass is 331 g/mol. The summed E-state index contributed by atoms with van der Waals surface area (Å²) in [6.45, 7) is 5.41. The van der Waals surface area contributed by atoms with Gasteiger partial charge in [-0.25, -0.2) is 9.37 Å². The third-order valence-corrected chi connectivity index (χ3v) is 4.77. The van der Waals surface area contributed by atoms with E-state index < -0.39 is 0 Å². The first kappa shape index (κ1) is 15.7. The van der Waals surface area contributed by atoms with E-state index in [1.54, 1.807) is 6.07 Å². The van der Waals surface area contributed by atoms with Gasteiger partial charge in [0.05, 0.1) is 11.3 Å². The topological polar surface area (TPSA) is 56.1 Å². The van der Waals surface area contributed by atoms with Crippen molar-refractivity contribution < 1.29 is 4.39 Å². The zero-order valence-electron chi connectivity index (χ0n) is 13.0. The number of hydrogen-bond acceptors (Lipinski definition) is 6. The third-order valence-electron chi connectivity index (χ3n) is 3.96. The molecule has 1 aliphatic rings. The molecule has 0 spiro atoms. The Morgan fingerprint density at radius 1 is 1.26 bits per heavy atom. The summed E-state index contributed by atoms with van der Waals surface area (Å²) in [6.07, 6.45) is 1.81. The molecule has 1 aliphatic heterocycles. The highest BCUT2D eigenvalue weighted by molar-refractivity contribution is 7.09. The summed E-state index contributed by atoms with van der Waals surface area (Å²) in [5.74, 6) is 0.513. The van der Waals surface area contributed by atoms with E-state index in [-0.39, 0.29) is 5.82 Å². The van der Waals surface area contributed by atoms with Gasteiger partial charge < -0.3 is 9.80 Å². The molecule has 2 aromatic rings. The van der Waals surface area contributed by atoms with Gasteiger partial charge in [0.25, 0.3) is 0 Å². The van der Waals surface area contributed by atoms with E-state index in [0.717, 1.165) is 55.7 Å². The number of halogens is 1. The molecule has 0 radical (unpaired) electrons. The standard InChI is InChI=1S/C16H18FN5S/c1-2-15-19-16(23-20-15)22-7-3-6-21(8-9-22)14-5-4-13(17)10-12(14)11-18/h4-5,10H,2-3,6-9H2,1H3. The molecule has 1 aromatic carbocycles. The molecule has 0 N–H and O–H groups in total. The molecule has 0 aliphatic carbocycles. The molecule has 120 valence electrons. The Morgan fingerprint density at radius 2 is 2.04 bits per heavy atom. The molecule has 7 heteroatoms. The van der Waals surface area contributed by atoms with Crippen molar-refractivity contribution in [2.24, 2.45) is 0 Å². The second-order valence-corrected chi connectivity index (χ2v) is 6.18. The first-order chi connectivity index (χ1) is 11.2. The van der Waals surface area contributed by atoms with Crippen molar-refractivity contribution in [2.45, 2.75) is 19.8 Å². The molecule has 0 saturated carbocycles. The van der Waals surface area contributed by atoms with Crippen LogP contribution in [0.4, 0.5) is 15.2 Å². The lowest BCUT2D eigenvalue weighted by molar-refractivity contribution is 0.627. The fourth-order valence-electron chi connectivity index (χ4n) is 2.74. The summed E-state index contributed by atoms with van der Waals surface area (Å²) < 4.78 is 17.7. The Labute approximate surface area is 139 Å². The molecule has 0 atom stereocenters. The first-order valence-electron chi connectivity index (χ1n) is 7.73. The molecule has 3 rings (SSSR count). The van der Waals surface area contributed by atoms with Crippen LogP contribution in [0, 0.1) is 17.1 Å². The summed E-state index contributed by atoms with van der Waals surface area (Å²) in [5.41, 5.74) is 1.20. The fourth-order valence-corrected chi connectivity index (χ4v) is 3.54. The smallest absolute Gasteiger partial charge is 0.205 e. The van der Waals surface area contributed by atoms with Crippen molar-refractivity contribution in [3.05, 3.63) is 35.4 Å². The average molecular weight is 331 g/mol. The zero-order valence-corrected chi connectivity index (χ0v) is 13.8. The Morgan fingerprint density at radius 3 is 2.78 bits per heavy atom. The van der Waals surface area contributed by atoms with Crippen LogP contribution in [0.5, 0.6) is 0 Å². The molecular weight excluding hydrogens is 313 g/mol. The van der Waals surface area contributed by atoms with Gasteiger partial charge in [0.2, 0.25) is 5.13 Å². The van der Waals surface area contributed by atoms with Crippen molar-refractivity contribution in [3.8, 4) is 6.07 Å². The fraction of sp³-hybridized carbons (Fsp3) is 0.438. The van der Waals surface area contributed by atoms with Crippen LogP contribution >= 0.6 is 11.5 Å². The van der Waals surface area contributed by atoms with Gasteiger partial charge in [0.1, 0.15) is 17.7 Å². The second kappa shape index (κ2) is 6.92. The zero-order chi connectivity index (χ0) is 16.2. The SMILES string of the molecule is CCc1nsc(N2CCCN(c3ccc(F)cc3C#N)CC2)n1. The van der Waals surface area contributed by atoms with E-state index in [4.69, 9.17) is 0 Å². The molecule has 0 amide bonds. The van der Waals surface area contributed by atoms with E-state index in [1.165, 1.54) is 23.7 Å². The van der Waals surface area contributed by atoms with Crippen molar-refractivity contribution in [1.82, 2.24) is 9.36 Å². The predicted octanol–water partition coefficient (Wildman–Crippen LogP) is 2.83. The maximum absolute atomic E-state index is 13.3. The number of aryl methyl sites for hydroxylation is 1. The highest BCUT2D eigenvalue weighted by Gasteiger charge is 2.20. The van der Waals surface area contributed by atoms with Gasteiger partial charge in [-0.2, -0.15) is 9.64 Å². The number of rotatable bonds is 3. The van der Waals surface area contributed by atoms with Gasteiger partial charge in [0.15, 0.2) is 0 Å². The van der Waals surface area contributed by atoms with Crippen LogP contribution in [0.15, 0.2) is 18.2 Å². The third kappa shape index (κ3) is 3.42. The maximum Gasteiger partial charge on any atom is 0.205 e. The number of benzene rings is 1. The largest absolute Gasteiger partial charge is 0.369 e. The van der Waals surface area contributed by atoms with Gasteiger partial charge in [0, 0.05) is 44.1 Å². The van der Waals surface area contributed by atoms with Crippen molar-refractivity contribution in [3.63, 3.8) is 0 Å². The number of hydrogen-bond donors (Lipinski definition) is 0. The molecule has 1 fully saturated rings. The Hall–Kier alpha value is -2.20. The van der Waals surface area contributed by atoms with Crippen molar-refractivity contribution in [2.75, 3.05) is 36.0 Å². The van der Waals surface area contributed by atoms with Gasteiger partial charge in [-0.05, 0) is 24.6 Å². The quantitative estimate of drug-likeness (QED) is 0.865. The second-order valence-electron chi connectivity index (χ2n) is 5.45. The maximum atomic E-state index is 13.3. The van der Waals surface area contributed by atoms with E-state index in [2.05, 4.69) is 25.2 Å². The summed E-state index contributed by atoms with van der Waals surface area (Å²) in [4.78, 5) is 8.95. The minimum atomic E-state index is -0.372. The van der Waals surface area contributed by atoms with Crippen molar-refractivity contribution >= 4 is 22.4 Å². The van der Waals surface area contributed by atoms with E-state index in [0.29, 0.717) is 5.56 Å². The van der Waals surface area contributed by atoms with Crippen molar-refractivity contribution in [1.29, 1.82) is 5.26 Å². The number of aromatic nitrogens is 2. The van der Waals surface area contributed by atoms with Gasteiger partial charge in [-0.3, -0.25) is 0 Å². The van der Waals surface area contributed by atoms with Gasteiger partial charge in [-0.15, -0.1) is 0 Å². The highest BCUT2D eigenvalue weighted by atomic mass is 32.1. The van der Waals surface area contributed by atoms with Crippen LogP contribution in [0.25, 0.3) is 0 Å². The van der Waals surface area contributed by atoms with Crippen LogP contribution < -0.4 is 9.80 Å². The van der Waals surface area contributed by atoms with Gasteiger partial charge >= 0.3 is 0 Å². The van der Waals surface area contributed by atoms with Crippen LogP contribution in [0.2, 0.25) is 0 Å². The molecule has 5 nitrogen and oxygen atoms in total. The summed E-state index contributed by atoms with van der Waals surface area (Å²) >= 11 is 1.44. The molecule has 0 bridgehead atoms. The Kier molecular flexibility index (Phi) is 4.72. The molecule has 1 saturated heterocycles. The normalized spacial score (nSPS) is 15.3. The average Bonchev–Trinajstić information content (AvgIpc) is 2.92. The molecule has 23 heavy (non-hydrogen) atoms. The molecule has 0 unspecified atom stereocenters. The molecular formula is C16H18FN5S. The van der Waals surface area contributed by atoms with Crippen LogP contribution in [0.3, 0.4) is 0 Å². The minimum absolute atomic E-state index is 0.372. The number of nitrogens with zero attached hydrogens (tertiary/aromatic N) is 5. The summed E-state index contributed by atoms with van der Waals surface area (Å²) in [7, 11) is 0. The lowest BCUT2D eigenvalue weighted by atomic mass is 10.1. The number of anilines is 2. The van der Waals surface area contributed by atoms with Crippen LogP contribution in [-0.4, -0.2) is 35.5 Å². The first-order valence-corrected chi connectivity index (χ1v) is 8.50. The van der Waals surface area contributed by atoms with E-state index in [9.17, 15) is 9.65 Å². The Balaban J connectivity index is 1.75. The molecule has 2 heterocycles. The summed E-state index contributed by atoms with van der Waals surface area (Å²) in [6, 6.07) is 6.51. The summed E-state index contributed by atoms with van der Waals surface area (Å²) in [5, 5.41) is 10.2. The van der Waals surface area contributed by atoms with Crippen LogP contribution in [-0.2, 0) is 6.42 Å². The number of nitriles is 1. The lowest BCUT2D eigenvalue weighted by Crippen LogP contribution is -2.31. The minimum Gasteiger partial charge on any atom is -0.369 e. The van der Waals surface area contributed by atoms with Gasteiger partial charge in [-0.1, -0.05) is 6.92 Å². The van der Waals surface area contributed by atoms with Crippen LogP contribution in [0.1, 0.15) is 24.7 Å². The Bertz CT molecular complexity index is 724. The van der Waals surface area contributed by atoms with E-state index >= 15 is 0 Å². The predicted molar refractivity (Wildman–Crippen MR) is 89.4 cm³/mol.